The lowest BCUT2D eigenvalue weighted by Gasteiger charge is -2.19. The van der Waals surface area contributed by atoms with E-state index in [0.717, 1.165) is 0 Å². The van der Waals surface area contributed by atoms with Gasteiger partial charge in [-0.15, -0.1) is 0 Å². The summed E-state index contributed by atoms with van der Waals surface area (Å²) in [4.78, 5) is 23.9. The Morgan fingerprint density at radius 1 is 1.06 bits per heavy atom. The van der Waals surface area contributed by atoms with Crippen LogP contribution in [0.25, 0.3) is 0 Å². The summed E-state index contributed by atoms with van der Waals surface area (Å²) in [6.45, 7) is 0.134. The first-order valence-electron chi connectivity index (χ1n) is 5.52. The number of amides is 1. The number of carbonyl (C=O) groups excluding carboxylic acids is 1. The fourth-order valence-corrected chi connectivity index (χ4v) is 2.15. The summed E-state index contributed by atoms with van der Waals surface area (Å²) in [5.74, 6) is -1.42. The molecule has 2 heterocycles. The third-order valence-electron chi connectivity index (χ3n) is 3.14. The molecule has 2 rings (SSSR count). The number of aliphatic hydroxyl groups excluding tert-OH is 2. The van der Waals surface area contributed by atoms with Crippen LogP contribution >= 0.6 is 0 Å². The summed E-state index contributed by atoms with van der Waals surface area (Å²) in [5, 5.41) is 27.4. The maximum Gasteiger partial charge on any atom is 0.332 e. The van der Waals surface area contributed by atoms with Crippen LogP contribution in [0.5, 0.6) is 0 Å². The molecule has 0 radical (unpaired) electrons. The molecule has 0 spiro atoms. The molecule has 2 saturated heterocycles. The molecule has 2 fully saturated rings. The van der Waals surface area contributed by atoms with E-state index in [1.807, 2.05) is 0 Å². The highest BCUT2D eigenvalue weighted by atomic mass is 16.5. The van der Waals surface area contributed by atoms with Crippen LogP contribution in [0.3, 0.4) is 0 Å². The Balaban J connectivity index is 1.92. The van der Waals surface area contributed by atoms with Crippen molar-refractivity contribution in [3.05, 3.63) is 0 Å². The van der Waals surface area contributed by atoms with Crippen molar-refractivity contribution in [2.45, 2.75) is 37.3 Å². The smallest absolute Gasteiger partial charge is 0.332 e. The number of likely N-dealkylation sites (tertiary alicyclic amines) is 1. The molecule has 17 heavy (non-hydrogen) atoms. The number of aliphatic carboxylic acids is 1. The van der Waals surface area contributed by atoms with Crippen LogP contribution in [0.2, 0.25) is 0 Å². The Labute approximate surface area is 97.6 Å². The van der Waals surface area contributed by atoms with Crippen molar-refractivity contribution < 1.29 is 29.6 Å². The lowest BCUT2D eigenvalue weighted by molar-refractivity contribution is -0.154. The fraction of sp³-hybridized carbons (Fsp3) is 0.800. The molecular formula is C10H15NO6. The minimum absolute atomic E-state index is 0.0671. The van der Waals surface area contributed by atoms with E-state index in [4.69, 9.17) is 9.84 Å². The topological polar surface area (TPSA) is 107 Å². The Kier molecular flexibility index (Phi) is 3.32. The maximum atomic E-state index is 11.9. The summed E-state index contributed by atoms with van der Waals surface area (Å²) in [6, 6.07) is 0. The standard InChI is InChI=1S/C10H15NO6/c12-5-3-11(4-6(5)13)9(14)7-1-2-8(17-7)10(15)16/h5-8,12-13H,1-4H2,(H,15,16)/t5-,6+,7?,8?. The Hall–Kier alpha value is -1.18. The molecule has 96 valence electrons. The van der Waals surface area contributed by atoms with E-state index in [1.165, 1.54) is 4.90 Å². The van der Waals surface area contributed by atoms with E-state index >= 15 is 0 Å². The minimum Gasteiger partial charge on any atom is -0.479 e. The van der Waals surface area contributed by atoms with Gasteiger partial charge in [-0.3, -0.25) is 4.79 Å². The monoisotopic (exact) mass is 245 g/mol. The summed E-state index contributed by atoms with van der Waals surface area (Å²) in [6.07, 6.45) is -2.90. The zero-order chi connectivity index (χ0) is 12.6. The maximum absolute atomic E-state index is 11.9. The number of nitrogens with zero attached hydrogens (tertiary/aromatic N) is 1. The normalized spacial score (nSPS) is 37.4. The first-order chi connectivity index (χ1) is 7.99. The molecule has 0 aliphatic carbocycles. The van der Waals surface area contributed by atoms with Gasteiger partial charge >= 0.3 is 5.97 Å². The molecule has 1 amide bonds. The summed E-state index contributed by atoms with van der Waals surface area (Å²) in [5.41, 5.74) is 0. The number of carboxylic acids is 1. The Bertz CT molecular complexity index is 323. The second-order valence-corrected chi connectivity index (χ2v) is 4.41. The zero-order valence-corrected chi connectivity index (χ0v) is 9.15. The summed E-state index contributed by atoms with van der Waals surface area (Å²) in [7, 11) is 0. The highest BCUT2D eigenvalue weighted by Gasteiger charge is 2.40. The van der Waals surface area contributed by atoms with E-state index in [-0.39, 0.29) is 19.0 Å². The molecule has 7 nitrogen and oxygen atoms in total. The van der Waals surface area contributed by atoms with Gasteiger partial charge in [0, 0.05) is 13.1 Å². The molecule has 2 aliphatic rings. The van der Waals surface area contributed by atoms with Crippen molar-refractivity contribution in [3.8, 4) is 0 Å². The molecule has 0 saturated carbocycles. The Morgan fingerprint density at radius 3 is 2.06 bits per heavy atom. The average molecular weight is 245 g/mol. The second kappa shape index (κ2) is 4.59. The molecule has 3 N–H and O–H groups in total. The van der Waals surface area contributed by atoms with Crippen LogP contribution in [0.4, 0.5) is 0 Å². The molecule has 7 heteroatoms. The SMILES string of the molecule is O=C(O)C1CCC(C(=O)N2C[C@@H](O)[C@@H](O)C2)O1. The van der Waals surface area contributed by atoms with E-state index in [0.29, 0.717) is 12.8 Å². The lowest BCUT2D eigenvalue weighted by Crippen LogP contribution is -2.39. The van der Waals surface area contributed by atoms with Gasteiger partial charge in [-0.05, 0) is 12.8 Å². The number of rotatable bonds is 2. The number of hydrogen-bond acceptors (Lipinski definition) is 5. The van der Waals surface area contributed by atoms with Crippen LogP contribution in [-0.4, -0.2) is 69.6 Å². The van der Waals surface area contributed by atoms with Gasteiger partial charge in [0.2, 0.25) is 0 Å². The number of hydrogen-bond donors (Lipinski definition) is 3. The van der Waals surface area contributed by atoms with E-state index in [1.54, 1.807) is 0 Å². The molecular weight excluding hydrogens is 230 g/mol. The van der Waals surface area contributed by atoms with Crippen LogP contribution in [0, 0.1) is 0 Å². The van der Waals surface area contributed by atoms with E-state index in [9.17, 15) is 19.8 Å². The number of ether oxygens (including phenoxy) is 1. The molecule has 0 aromatic rings. The lowest BCUT2D eigenvalue weighted by atomic mass is 10.2. The highest BCUT2D eigenvalue weighted by molar-refractivity contribution is 5.83. The number of β-amino-alcohol motifs (C(OH)–C–C–N with tert-alkyl or cyclic N) is 2. The average Bonchev–Trinajstić information content (AvgIpc) is 2.86. The number of aliphatic hydroxyl groups is 2. The summed E-state index contributed by atoms with van der Waals surface area (Å²) < 4.78 is 5.11. The minimum atomic E-state index is -1.07. The first kappa shape index (κ1) is 12.3. The van der Waals surface area contributed by atoms with Crippen molar-refractivity contribution in [1.29, 1.82) is 0 Å². The van der Waals surface area contributed by atoms with Gasteiger partial charge < -0.3 is 25.0 Å². The number of carboxylic acid groups (broad SMARTS) is 1. The Morgan fingerprint density at radius 2 is 1.59 bits per heavy atom. The molecule has 0 aromatic heterocycles. The predicted molar refractivity (Wildman–Crippen MR) is 54.1 cm³/mol. The van der Waals surface area contributed by atoms with E-state index < -0.39 is 30.4 Å². The van der Waals surface area contributed by atoms with Crippen LogP contribution < -0.4 is 0 Å². The van der Waals surface area contributed by atoms with Gasteiger partial charge in [-0.1, -0.05) is 0 Å². The van der Waals surface area contributed by atoms with Gasteiger partial charge in [0.05, 0.1) is 12.2 Å². The first-order valence-corrected chi connectivity index (χ1v) is 5.52. The third-order valence-corrected chi connectivity index (χ3v) is 3.14. The van der Waals surface area contributed by atoms with Gasteiger partial charge in [0.1, 0.15) is 6.10 Å². The fourth-order valence-electron chi connectivity index (χ4n) is 2.15. The van der Waals surface area contributed by atoms with Crippen molar-refractivity contribution in [2.75, 3.05) is 13.1 Å². The largest absolute Gasteiger partial charge is 0.479 e. The molecule has 0 aromatic carbocycles. The molecule has 0 bridgehead atoms. The van der Waals surface area contributed by atoms with Gasteiger partial charge in [0.25, 0.3) is 5.91 Å². The van der Waals surface area contributed by atoms with Crippen molar-refractivity contribution in [1.82, 2.24) is 4.90 Å². The summed E-state index contributed by atoms with van der Waals surface area (Å²) >= 11 is 0. The van der Waals surface area contributed by atoms with Gasteiger partial charge in [0.15, 0.2) is 6.10 Å². The molecule has 4 atom stereocenters. The number of carbonyl (C=O) groups is 2. The zero-order valence-electron chi connectivity index (χ0n) is 9.15. The van der Waals surface area contributed by atoms with Crippen LogP contribution in [0.1, 0.15) is 12.8 Å². The molecule has 2 aliphatic heterocycles. The van der Waals surface area contributed by atoms with Crippen molar-refractivity contribution in [2.24, 2.45) is 0 Å². The predicted octanol–water partition coefficient (Wildman–Crippen LogP) is -1.82. The highest BCUT2D eigenvalue weighted by Crippen LogP contribution is 2.23. The molecule has 2 unspecified atom stereocenters. The van der Waals surface area contributed by atoms with Gasteiger partial charge in [-0.25, -0.2) is 4.79 Å². The van der Waals surface area contributed by atoms with Crippen LogP contribution in [-0.2, 0) is 14.3 Å². The second-order valence-electron chi connectivity index (χ2n) is 4.41. The quantitative estimate of drug-likeness (QED) is 0.529. The van der Waals surface area contributed by atoms with Crippen molar-refractivity contribution >= 4 is 11.9 Å². The van der Waals surface area contributed by atoms with Crippen LogP contribution in [0.15, 0.2) is 0 Å². The third kappa shape index (κ3) is 2.41. The van der Waals surface area contributed by atoms with Crippen molar-refractivity contribution in [3.63, 3.8) is 0 Å². The van der Waals surface area contributed by atoms with Gasteiger partial charge in [-0.2, -0.15) is 0 Å². The van der Waals surface area contributed by atoms with E-state index in [2.05, 4.69) is 0 Å².